The molecule has 1 amide bonds. The third-order valence-corrected chi connectivity index (χ3v) is 2.67. The molecule has 3 N–H and O–H groups in total. The highest BCUT2D eigenvalue weighted by Crippen LogP contribution is 2.05. The van der Waals surface area contributed by atoms with Crippen molar-refractivity contribution in [2.24, 2.45) is 5.73 Å². The molecule has 0 aliphatic carbocycles. The van der Waals surface area contributed by atoms with Crippen LogP contribution in [0.2, 0.25) is 0 Å². The van der Waals surface area contributed by atoms with Gasteiger partial charge < -0.3 is 11.1 Å². The molecule has 0 saturated heterocycles. The summed E-state index contributed by atoms with van der Waals surface area (Å²) < 4.78 is 14.5. The fraction of sp³-hybridized carbons (Fsp3) is 0.308. The summed E-state index contributed by atoms with van der Waals surface area (Å²) in [4.78, 5) is 11.7. The fourth-order valence-corrected chi connectivity index (χ4v) is 1.70. The third-order valence-electron chi connectivity index (χ3n) is 2.67. The van der Waals surface area contributed by atoms with Gasteiger partial charge in [-0.3, -0.25) is 4.79 Å². The molecule has 114 valence electrons. The number of hydrogen-bond donors (Lipinski definition) is 2. The van der Waals surface area contributed by atoms with E-state index < -0.39 is 0 Å². The second-order valence-corrected chi connectivity index (χ2v) is 4.33. The van der Waals surface area contributed by atoms with Gasteiger partial charge in [0, 0.05) is 6.54 Å². The lowest BCUT2D eigenvalue weighted by molar-refractivity contribution is 0.0948. The van der Waals surface area contributed by atoms with Gasteiger partial charge in [-0.05, 0) is 30.7 Å². The zero-order chi connectivity index (χ0) is 14.4. The third kappa shape index (κ3) is 5.13. The van der Waals surface area contributed by atoms with Crippen LogP contribution >= 0.6 is 12.4 Å². The van der Waals surface area contributed by atoms with Gasteiger partial charge in [-0.1, -0.05) is 17.3 Å². The standard InChI is InChI=1S/C13H16FN5O.ClH/c14-11-4-1-3-10(7-11)8-19-9-12(17-18-19)13(20)16-6-2-5-15;/h1,3-4,7,9H,2,5-6,8,15H2,(H,16,20);1H. The van der Waals surface area contributed by atoms with E-state index in [-0.39, 0.29) is 29.8 Å². The summed E-state index contributed by atoms with van der Waals surface area (Å²) in [7, 11) is 0. The van der Waals surface area contributed by atoms with Gasteiger partial charge in [0.1, 0.15) is 5.82 Å². The topological polar surface area (TPSA) is 85.8 Å². The number of amides is 1. The van der Waals surface area contributed by atoms with Crippen LogP contribution in [0.1, 0.15) is 22.5 Å². The molecule has 21 heavy (non-hydrogen) atoms. The van der Waals surface area contributed by atoms with E-state index >= 15 is 0 Å². The first-order valence-corrected chi connectivity index (χ1v) is 6.32. The Morgan fingerprint density at radius 3 is 2.95 bits per heavy atom. The van der Waals surface area contributed by atoms with Crippen molar-refractivity contribution < 1.29 is 9.18 Å². The van der Waals surface area contributed by atoms with E-state index in [0.717, 1.165) is 5.56 Å². The zero-order valence-electron chi connectivity index (χ0n) is 11.3. The van der Waals surface area contributed by atoms with Crippen LogP contribution in [0.4, 0.5) is 4.39 Å². The van der Waals surface area contributed by atoms with E-state index in [9.17, 15) is 9.18 Å². The largest absolute Gasteiger partial charge is 0.351 e. The predicted octanol–water partition coefficient (Wildman–Crippen LogP) is 0.966. The Bertz CT molecular complexity index is 589. The van der Waals surface area contributed by atoms with Crippen LogP contribution < -0.4 is 11.1 Å². The maximum atomic E-state index is 13.1. The molecule has 0 saturated carbocycles. The minimum Gasteiger partial charge on any atom is -0.351 e. The predicted molar refractivity (Wildman–Crippen MR) is 78.8 cm³/mol. The Balaban J connectivity index is 0.00000220. The van der Waals surface area contributed by atoms with Crippen molar-refractivity contribution in [3.63, 3.8) is 0 Å². The minimum atomic E-state index is -0.303. The Morgan fingerprint density at radius 2 is 2.24 bits per heavy atom. The van der Waals surface area contributed by atoms with Gasteiger partial charge >= 0.3 is 0 Å². The lowest BCUT2D eigenvalue weighted by atomic mass is 10.2. The molecule has 2 aromatic rings. The van der Waals surface area contributed by atoms with Crippen molar-refractivity contribution in [3.8, 4) is 0 Å². The van der Waals surface area contributed by atoms with Crippen molar-refractivity contribution in [1.82, 2.24) is 20.3 Å². The first-order valence-electron chi connectivity index (χ1n) is 6.32. The fourth-order valence-electron chi connectivity index (χ4n) is 1.70. The molecule has 1 heterocycles. The van der Waals surface area contributed by atoms with Gasteiger partial charge in [0.05, 0.1) is 12.7 Å². The van der Waals surface area contributed by atoms with Crippen LogP contribution in [0.5, 0.6) is 0 Å². The number of aromatic nitrogens is 3. The Morgan fingerprint density at radius 1 is 1.43 bits per heavy atom. The van der Waals surface area contributed by atoms with Crippen molar-refractivity contribution in [2.45, 2.75) is 13.0 Å². The van der Waals surface area contributed by atoms with Gasteiger partial charge in [-0.15, -0.1) is 17.5 Å². The van der Waals surface area contributed by atoms with Crippen LogP contribution in [0, 0.1) is 5.82 Å². The number of carbonyl (C=O) groups is 1. The van der Waals surface area contributed by atoms with Gasteiger partial charge in [0.2, 0.25) is 0 Å². The molecular weight excluding hydrogens is 297 g/mol. The first-order chi connectivity index (χ1) is 9.69. The molecule has 0 radical (unpaired) electrons. The lowest BCUT2D eigenvalue weighted by Gasteiger charge is -2.01. The summed E-state index contributed by atoms with van der Waals surface area (Å²) in [6, 6.07) is 6.21. The van der Waals surface area contributed by atoms with Crippen molar-refractivity contribution in [3.05, 3.63) is 47.5 Å². The Labute approximate surface area is 127 Å². The number of nitrogens with one attached hydrogen (secondary N) is 1. The second-order valence-electron chi connectivity index (χ2n) is 4.33. The van der Waals surface area contributed by atoms with Crippen LogP contribution in [0.25, 0.3) is 0 Å². The van der Waals surface area contributed by atoms with Crippen LogP contribution in [0.15, 0.2) is 30.5 Å². The van der Waals surface area contributed by atoms with Gasteiger partial charge in [0.25, 0.3) is 5.91 Å². The van der Waals surface area contributed by atoms with E-state index in [1.165, 1.54) is 23.0 Å². The minimum absolute atomic E-state index is 0. The smallest absolute Gasteiger partial charge is 0.273 e. The molecule has 0 aliphatic heterocycles. The molecule has 8 heteroatoms. The molecule has 0 aliphatic rings. The van der Waals surface area contributed by atoms with E-state index in [2.05, 4.69) is 15.6 Å². The number of carbonyl (C=O) groups excluding carboxylic acids is 1. The summed E-state index contributed by atoms with van der Waals surface area (Å²) in [5.74, 6) is -0.591. The van der Waals surface area contributed by atoms with Crippen LogP contribution in [-0.4, -0.2) is 34.0 Å². The number of nitrogens with zero attached hydrogens (tertiary/aromatic N) is 3. The highest BCUT2D eigenvalue weighted by atomic mass is 35.5. The molecule has 1 aromatic heterocycles. The molecule has 0 unspecified atom stereocenters. The zero-order valence-corrected chi connectivity index (χ0v) is 12.1. The molecule has 6 nitrogen and oxygen atoms in total. The maximum absolute atomic E-state index is 13.1. The quantitative estimate of drug-likeness (QED) is 0.778. The molecular formula is C13H17ClFN5O. The molecule has 0 fully saturated rings. The van der Waals surface area contributed by atoms with Crippen molar-refractivity contribution in [2.75, 3.05) is 13.1 Å². The Kier molecular flexibility index (Phi) is 6.77. The molecule has 0 bridgehead atoms. The monoisotopic (exact) mass is 313 g/mol. The van der Waals surface area contributed by atoms with E-state index in [1.54, 1.807) is 12.1 Å². The lowest BCUT2D eigenvalue weighted by Crippen LogP contribution is -2.26. The maximum Gasteiger partial charge on any atom is 0.273 e. The highest BCUT2D eigenvalue weighted by molar-refractivity contribution is 5.91. The van der Waals surface area contributed by atoms with E-state index in [4.69, 9.17) is 5.73 Å². The first kappa shape index (κ1) is 17.1. The number of rotatable bonds is 6. The molecule has 0 spiro atoms. The molecule has 0 atom stereocenters. The van der Waals surface area contributed by atoms with Crippen LogP contribution in [-0.2, 0) is 6.54 Å². The van der Waals surface area contributed by atoms with Gasteiger partial charge in [-0.25, -0.2) is 9.07 Å². The van der Waals surface area contributed by atoms with Gasteiger partial charge in [0.15, 0.2) is 5.69 Å². The average Bonchev–Trinajstić information content (AvgIpc) is 2.87. The summed E-state index contributed by atoms with van der Waals surface area (Å²) >= 11 is 0. The normalized spacial score (nSPS) is 10.0. The summed E-state index contributed by atoms with van der Waals surface area (Å²) in [6.45, 7) is 1.39. The number of benzene rings is 1. The van der Waals surface area contributed by atoms with Gasteiger partial charge in [-0.2, -0.15) is 0 Å². The Hall–Kier alpha value is -1.99. The summed E-state index contributed by atoms with van der Waals surface area (Å²) in [6.07, 6.45) is 2.24. The number of halogens is 2. The van der Waals surface area contributed by atoms with Crippen LogP contribution in [0.3, 0.4) is 0 Å². The molecule has 1 aromatic carbocycles. The number of hydrogen-bond acceptors (Lipinski definition) is 4. The van der Waals surface area contributed by atoms with E-state index in [1.807, 2.05) is 0 Å². The van der Waals surface area contributed by atoms with Crippen molar-refractivity contribution in [1.29, 1.82) is 0 Å². The molecule has 2 rings (SSSR count). The SMILES string of the molecule is Cl.NCCCNC(=O)c1cn(Cc2cccc(F)c2)nn1. The summed E-state index contributed by atoms with van der Waals surface area (Å²) in [5.41, 5.74) is 6.33. The second kappa shape index (κ2) is 8.33. The number of nitrogens with two attached hydrogens (primary N) is 1. The summed E-state index contributed by atoms with van der Waals surface area (Å²) in [5, 5.41) is 10.3. The highest BCUT2D eigenvalue weighted by Gasteiger charge is 2.10. The average molecular weight is 314 g/mol. The van der Waals surface area contributed by atoms with E-state index in [0.29, 0.717) is 26.1 Å². The van der Waals surface area contributed by atoms with Crippen molar-refractivity contribution >= 4 is 18.3 Å².